The van der Waals surface area contributed by atoms with Crippen LogP contribution >= 0.6 is 0 Å². The number of carbonyl (C=O) groups excluding carboxylic acids is 2. The van der Waals surface area contributed by atoms with Crippen LogP contribution in [0.5, 0.6) is 5.75 Å². The first-order valence-corrected chi connectivity index (χ1v) is 11.2. The molecule has 156 valence electrons. The molecule has 4 unspecified atom stereocenters. The lowest BCUT2D eigenvalue weighted by atomic mass is 9.87. The fourth-order valence-corrected chi connectivity index (χ4v) is 5.61. The number of likely N-dealkylation sites (tertiary alicyclic amines) is 1. The van der Waals surface area contributed by atoms with E-state index in [1.165, 1.54) is 5.56 Å². The summed E-state index contributed by atoms with van der Waals surface area (Å²) in [5.74, 6) is 1.81. The maximum Gasteiger partial charge on any atom is 0.237 e. The quantitative estimate of drug-likeness (QED) is 0.813. The van der Waals surface area contributed by atoms with Crippen LogP contribution in [0.25, 0.3) is 0 Å². The van der Waals surface area contributed by atoms with Gasteiger partial charge in [-0.2, -0.15) is 0 Å². The molecule has 29 heavy (non-hydrogen) atoms. The van der Waals surface area contributed by atoms with Crippen LogP contribution in [-0.4, -0.2) is 55.5 Å². The summed E-state index contributed by atoms with van der Waals surface area (Å²) >= 11 is 0. The second kappa shape index (κ2) is 7.63. The largest absolute Gasteiger partial charge is 0.493 e. The Morgan fingerprint density at radius 1 is 1.24 bits per heavy atom. The number of nitrogens with zero attached hydrogens (tertiary/aromatic N) is 1. The van der Waals surface area contributed by atoms with Crippen LogP contribution in [0.2, 0.25) is 0 Å². The number of fused-ring (bicyclic) bond motifs is 2. The molecule has 4 atom stereocenters. The van der Waals surface area contributed by atoms with Gasteiger partial charge in [0.25, 0.3) is 0 Å². The van der Waals surface area contributed by atoms with E-state index in [-0.39, 0.29) is 23.3 Å². The maximum absolute atomic E-state index is 13.3. The van der Waals surface area contributed by atoms with Crippen molar-refractivity contribution in [3.05, 3.63) is 29.8 Å². The summed E-state index contributed by atoms with van der Waals surface area (Å²) in [6.07, 6.45) is 5.97. The number of nitrogens with one attached hydrogen (secondary N) is 2. The smallest absolute Gasteiger partial charge is 0.237 e. The monoisotopic (exact) mass is 397 g/mol. The van der Waals surface area contributed by atoms with Crippen molar-refractivity contribution in [2.24, 2.45) is 11.8 Å². The molecule has 1 spiro atoms. The Morgan fingerprint density at radius 2 is 2.14 bits per heavy atom. The predicted octanol–water partition coefficient (Wildman–Crippen LogP) is 1.83. The van der Waals surface area contributed by atoms with Crippen LogP contribution in [0.1, 0.15) is 44.1 Å². The Bertz CT molecular complexity index is 791. The van der Waals surface area contributed by atoms with Crippen molar-refractivity contribution in [3.63, 3.8) is 0 Å². The molecule has 6 heteroatoms. The van der Waals surface area contributed by atoms with Crippen LogP contribution in [0.15, 0.2) is 24.3 Å². The van der Waals surface area contributed by atoms with Crippen molar-refractivity contribution < 1.29 is 14.3 Å². The molecule has 2 N–H and O–H groups in total. The van der Waals surface area contributed by atoms with Crippen LogP contribution in [0.4, 0.5) is 0 Å². The highest BCUT2D eigenvalue weighted by atomic mass is 16.5. The number of para-hydroxylation sites is 1. The minimum Gasteiger partial charge on any atom is -0.493 e. The van der Waals surface area contributed by atoms with Crippen molar-refractivity contribution in [3.8, 4) is 5.75 Å². The molecule has 1 saturated carbocycles. The summed E-state index contributed by atoms with van der Waals surface area (Å²) in [4.78, 5) is 27.7. The van der Waals surface area contributed by atoms with Gasteiger partial charge in [0, 0.05) is 36.5 Å². The molecule has 2 saturated heterocycles. The molecule has 4 aliphatic rings. The summed E-state index contributed by atoms with van der Waals surface area (Å²) in [5.41, 5.74) is 1.20. The number of benzene rings is 1. The number of hydrogen-bond acceptors (Lipinski definition) is 4. The van der Waals surface area contributed by atoms with Crippen LogP contribution in [-0.2, 0) is 15.0 Å². The van der Waals surface area contributed by atoms with E-state index in [1.807, 2.05) is 18.2 Å². The number of rotatable bonds is 4. The number of ether oxygens (including phenoxy) is 1. The van der Waals surface area contributed by atoms with E-state index in [0.29, 0.717) is 25.0 Å². The van der Waals surface area contributed by atoms with Crippen molar-refractivity contribution in [2.45, 2.75) is 50.0 Å². The highest BCUT2D eigenvalue weighted by molar-refractivity contribution is 5.85. The molecule has 0 radical (unpaired) electrons. The zero-order valence-corrected chi connectivity index (χ0v) is 17.0. The van der Waals surface area contributed by atoms with Crippen molar-refractivity contribution in [1.82, 2.24) is 15.5 Å². The van der Waals surface area contributed by atoms with Gasteiger partial charge in [0.15, 0.2) is 0 Å². The van der Waals surface area contributed by atoms with E-state index >= 15 is 0 Å². The summed E-state index contributed by atoms with van der Waals surface area (Å²) in [6, 6.07) is 8.17. The van der Waals surface area contributed by atoms with Gasteiger partial charge in [-0.15, -0.1) is 0 Å². The lowest BCUT2D eigenvalue weighted by Crippen LogP contribution is -2.47. The second-order valence-electron chi connectivity index (χ2n) is 9.19. The van der Waals surface area contributed by atoms with E-state index in [2.05, 4.69) is 21.6 Å². The topological polar surface area (TPSA) is 70.7 Å². The van der Waals surface area contributed by atoms with E-state index in [4.69, 9.17) is 4.74 Å². The molecule has 1 aliphatic carbocycles. The number of carbonyl (C=O) groups is 2. The maximum atomic E-state index is 13.3. The van der Waals surface area contributed by atoms with Crippen LogP contribution < -0.4 is 15.4 Å². The highest BCUT2D eigenvalue weighted by Crippen LogP contribution is 2.61. The third-order valence-corrected chi connectivity index (χ3v) is 7.38. The van der Waals surface area contributed by atoms with E-state index in [1.54, 1.807) is 0 Å². The van der Waals surface area contributed by atoms with Crippen molar-refractivity contribution in [2.75, 3.05) is 32.8 Å². The predicted molar refractivity (Wildman–Crippen MR) is 110 cm³/mol. The molecule has 1 aromatic carbocycles. The second-order valence-corrected chi connectivity index (χ2v) is 9.19. The van der Waals surface area contributed by atoms with Gasteiger partial charge >= 0.3 is 0 Å². The van der Waals surface area contributed by atoms with Gasteiger partial charge in [0.2, 0.25) is 11.8 Å². The average molecular weight is 398 g/mol. The fraction of sp³-hybridized carbons (Fsp3) is 0.652. The number of piperidine rings is 1. The number of hydrogen-bond donors (Lipinski definition) is 2. The Labute approximate surface area is 172 Å². The Kier molecular flexibility index (Phi) is 4.98. The fourth-order valence-electron chi connectivity index (χ4n) is 5.61. The first-order chi connectivity index (χ1) is 14.2. The zero-order valence-electron chi connectivity index (χ0n) is 17.0. The summed E-state index contributed by atoms with van der Waals surface area (Å²) in [6.45, 7) is 3.92. The summed E-state index contributed by atoms with van der Waals surface area (Å²) in [5, 5.41) is 6.36. The molecule has 6 nitrogen and oxygen atoms in total. The van der Waals surface area contributed by atoms with E-state index in [9.17, 15) is 9.59 Å². The van der Waals surface area contributed by atoms with E-state index in [0.717, 1.165) is 63.9 Å². The lowest BCUT2D eigenvalue weighted by Gasteiger charge is -2.34. The molecule has 3 fully saturated rings. The first-order valence-electron chi connectivity index (χ1n) is 11.2. The zero-order chi connectivity index (χ0) is 19.8. The molecule has 0 bridgehead atoms. The highest BCUT2D eigenvalue weighted by Gasteiger charge is 2.61. The van der Waals surface area contributed by atoms with Crippen LogP contribution in [0.3, 0.4) is 0 Å². The van der Waals surface area contributed by atoms with Gasteiger partial charge in [0.05, 0.1) is 12.6 Å². The molecule has 5 rings (SSSR count). The molecule has 0 aromatic heterocycles. The molecule has 1 aromatic rings. The Morgan fingerprint density at radius 3 is 3.00 bits per heavy atom. The molecule has 2 amide bonds. The van der Waals surface area contributed by atoms with Gasteiger partial charge in [-0.1, -0.05) is 18.2 Å². The summed E-state index contributed by atoms with van der Waals surface area (Å²) < 4.78 is 5.82. The molecular formula is C23H31N3O3. The first kappa shape index (κ1) is 18.9. The van der Waals surface area contributed by atoms with E-state index < -0.39 is 0 Å². The Balaban J connectivity index is 1.19. The lowest BCUT2D eigenvalue weighted by molar-refractivity contribution is -0.135. The van der Waals surface area contributed by atoms with Gasteiger partial charge in [0.1, 0.15) is 5.75 Å². The SMILES string of the molecule is O=C(NCC1CCCN(C(=O)C2CC23CCOc2ccccc23)C1)C1CCCN1. The molecular weight excluding hydrogens is 366 g/mol. The van der Waals surface area contributed by atoms with Gasteiger partial charge < -0.3 is 20.3 Å². The minimum atomic E-state index is -0.0313. The normalized spacial score (nSPS) is 33.1. The van der Waals surface area contributed by atoms with Crippen molar-refractivity contribution in [1.29, 1.82) is 0 Å². The Hall–Kier alpha value is -2.08. The standard InChI is InChI=1S/C23H31N3O3/c27-21(19-7-3-10-24-19)25-14-16-5-4-11-26(15-16)22(28)18-13-23(18)9-12-29-20-8-2-1-6-17(20)23/h1-2,6,8,16,18-19,24H,3-5,7,9-15H2,(H,25,27). The molecule has 3 aliphatic heterocycles. The third kappa shape index (κ3) is 3.52. The van der Waals surface area contributed by atoms with Gasteiger partial charge in [-0.3, -0.25) is 9.59 Å². The van der Waals surface area contributed by atoms with Gasteiger partial charge in [-0.05, 0) is 57.1 Å². The average Bonchev–Trinajstić information content (AvgIpc) is 3.20. The third-order valence-electron chi connectivity index (χ3n) is 7.38. The minimum absolute atomic E-state index is 0.0127. The number of amides is 2. The summed E-state index contributed by atoms with van der Waals surface area (Å²) in [7, 11) is 0. The van der Waals surface area contributed by atoms with Crippen molar-refractivity contribution >= 4 is 11.8 Å². The molecule has 3 heterocycles. The van der Waals surface area contributed by atoms with Crippen LogP contribution in [0, 0.1) is 11.8 Å². The van der Waals surface area contributed by atoms with Gasteiger partial charge in [-0.25, -0.2) is 0 Å².